The molecule has 1 heterocycles. The number of piperazine rings is 1. The zero-order valence-electron chi connectivity index (χ0n) is 12.1. The molecule has 1 saturated heterocycles. The van der Waals surface area contributed by atoms with Crippen molar-refractivity contribution in [2.75, 3.05) is 26.2 Å². The molecule has 0 bridgehead atoms. The second kappa shape index (κ2) is 6.18. The lowest BCUT2D eigenvalue weighted by molar-refractivity contribution is 0.0730. The molecule has 0 saturated carbocycles. The number of nitriles is 1. The Balaban J connectivity index is 2.11. The molecule has 2 unspecified atom stereocenters. The summed E-state index contributed by atoms with van der Waals surface area (Å²) in [5, 5.41) is 9.51. The third-order valence-electron chi connectivity index (χ3n) is 4.08. The molecule has 2 rings (SSSR count). The van der Waals surface area contributed by atoms with Gasteiger partial charge in [-0.15, -0.1) is 0 Å². The average molecular weight is 257 g/mol. The van der Waals surface area contributed by atoms with Crippen molar-refractivity contribution >= 4 is 0 Å². The maximum absolute atomic E-state index is 9.51. The summed E-state index contributed by atoms with van der Waals surface area (Å²) < 4.78 is 0. The second-order valence-corrected chi connectivity index (χ2v) is 5.41. The predicted octanol–water partition coefficient (Wildman–Crippen LogP) is 2.59. The first-order chi connectivity index (χ1) is 9.15. The molecule has 0 amide bonds. The van der Waals surface area contributed by atoms with E-state index in [0.29, 0.717) is 6.04 Å². The summed E-state index contributed by atoms with van der Waals surface area (Å²) in [5.74, 6) is 0. The minimum Gasteiger partial charge on any atom is -0.298 e. The van der Waals surface area contributed by atoms with Gasteiger partial charge in [0.2, 0.25) is 0 Å². The van der Waals surface area contributed by atoms with Gasteiger partial charge in [-0.3, -0.25) is 9.80 Å². The van der Waals surface area contributed by atoms with E-state index in [1.54, 1.807) is 0 Å². The first-order valence-electron chi connectivity index (χ1n) is 7.10. The van der Waals surface area contributed by atoms with Crippen molar-refractivity contribution in [3.05, 3.63) is 35.4 Å². The van der Waals surface area contributed by atoms with Crippen LogP contribution in [0.15, 0.2) is 24.3 Å². The molecule has 102 valence electrons. The normalized spacial score (nSPS) is 22.9. The molecule has 3 heteroatoms. The van der Waals surface area contributed by atoms with Crippen molar-refractivity contribution in [1.82, 2.24) is 9.80 Å². The van der Waals surface area contributed by atoms with E-state index in [2.05, 4.69) is 60.9 Å². The van der Waals surface area contributed by atoms with Gasteiger partial charge in [0.05, 0.1) is 6.07 Å². The number of likely N-dealkylation sites (N-methyl/N-ethyl adjacent to an activating group) is 1. The van der Waals surface area contributed by atoms with E-state index in [9.17, 15) is 5.26 Å². The summed E-state index contributed by atoms with van der Waals surface area (Å²) in [6, 6.07) is 11.2. The molecule has 19 heavy (non-hydrogen) atoms. The lowest BCUT2D eigenvalue weighted by Crippen LogP contribution is -2.52. The highest BCUT2D eigenvalue weighted by Gasteiger charge is 2.28. The molecule has 1 aromatic carbocycles. The molecule has 3 nitrogen and oxygen atoms in total. The highest BCUT2D eigenvalue weighted by atomic mass is 15.3. The minimum absolute atomic E-state index is 0.109. The van der Waals surface area contributed by atoms with Gasteiger partial charge in [-0.05, 0) is 26.0 Å². The number of rotatable bonds is 3. The number of hydrogen-bond acceptors (Lipinski definition) is 3. The van der Waals surface area contributed by atoms with Gasteiger partial charge in [0, 0.05) is 25.7 Å². The molecular formula is C16H23N3. The Morgan fingerprint density at radius 1 is 1.32 bits per heavy atom. The standard InChI is InChI=1S/C16H23N3/c1-4-18-9-10-19(12-14(18)3)16(11-17)15-7-5-13(2)6-8-15/h5-8,14,16H,4,9-10,12H2,1-3H3. The predicted molar refractivity (Wildman–Crippen MR) is 77.8 cm³/mol. The highest BCUT2D eigenvalue weighted by molar-refractivity contribution is 5.28. The van der Waals surface area contributed by atoms with Crippen LogP contribution in [-0.4, -0.2) is 42.0 Å². The molecule has 0 N–H and O–H groups in total. The van der Waals surface area contributed by atoms with Gasteiger partial charge in [0.1, 0.15) is 6.04 Å². The van der Waals surface area contributed by atoms with Crippen LogP contribution in [-0.2, 0) is 0 Å². The Kier molecular flexibility index (Phi) is 4.57. The van der Waals surface area contributed by atoms with Crippen LogP contribution < -0.4 is 0 Å². The molecule has 1 fully saturated rings. The first-order valence-corrected chi connectivity index (χ1v) is 7.10. The lowest BCUT2D eigenvalue weighted by atomic mass is 10.0. The van der Waals surface area contributed by atoms with Crippen molar-refractivity contribution in [3.8, 4) is 6.07 Å². The molecular weight excluding hydrogens is 234 g/mol. The van der Waals surface area contributed by atoms with Gasteiger partial charge >= 0.3 is 0 Å². The summed E-state index contributed by atoms with van der Waals surface area (Å²) in [5.41, 5.74) is 2.36. The van der Waals surface area contributed by atoms with Crippen LogP contribution in [0.3, 0.4) is 0 Å². The molecule has 0 radical (unpaired) electrons. The van der Waals surface area contributed by atoms with Crippen LogP contribution in [0.4, 0.5) is 0 Å². The quantitative estimate of drug-likeness (QED) is 0.833. The highest BCUT2D eigenvalue weighted by Crippen LogP contribution is 2.23. The SMILES string of the molecule is CCN1CCN(C(C#N)c2ccc(C)cc2)CC1C. The van der Waals surface area contributed by atoms with Gasteiger partial charge in [-0.1, -0.05) is 36.8 Å². The van der Waals surface area contributed by atoms with Gasteiger partial charge in [-0.25, -0.2) is 0 Å². The van der Waals surface area contributed by atoms with Crippen LogP contribution in [0.1, 0.15) is 31.0 Å². The summed E-state index contributed by atoms with van der Waals surface area (Å²) in [4.78, 5) is 4.78. The lowest BCUT2D eigenvalue weighted by Gasteiger charge is -2.41. The van der Waals surface area contributed by atoms with Crippen LogP contribution >= 0.6 is 0 Å². The maximum Gasteiger partial charge on any atom is 0.123 e. The van der Waals surface area contributed by atoms with Crippen molar-refractivity contribution in [2.45, 2.75) is 32.9 Å². The fourth-order valence-corrected chi connectivity index (χ4v) is 2.84. The van der Waals surface area contributed by atoms with E-state index < -0.39 is 0 Å². The zero-order chi connectivity index (χ0) is 13.8. The number of nitrogens with zero attached hydrogens (tertiary/aromatic N) is 3. The Bertz CT molecular complexity index is 446. The Morgan fingerprint density at radius 2 is 2.00 bits per heavy atom. The molecule has 1 aromatic rings. The smallest absolute Gasteiger partial charge is 0.123 e. The van der Waals surface area contributed by atoms with Crippen molar-refractivity contribution < 1.29 is 0 Å². The Morgan fingerprint density at radius 3 is 2.53 bits per heavy atom. The molecule has 0 aromatic heterocycles. The molecule has 1 aliphatic heterocycles. The van der Waals surface area contributed by atoms with Crippen LogP contribution in [0.5, 0.6) is 0 Å². The van der Waals surface area contributed by atoms with Crippen LogP contribution in [0, 0.1) is 18.3 Å². The topological polar surface area (TPSA) is 30.3 Å². The fraction of sp³-hybridized carbons (Fsp3) is 0.562. The fourth-order valence-electron chi connectivity index (χ4n) is 2.84. The summed E-state index contributed by atoms with van der Waals surface area (Å²) in [6.07, 6.45) is 0. The Labute approximate surface area is 116 Å². The molecule has 0 aliphatic carbocycles. The second-order valence-electron chi connectivity index (χ2n) is 5.41. The van der Waals surface area contributed by atoms with E-state index >= 15 is 0 Å². The van der Waals surface area contributed by atoms with Crippen molar-refractivity contribution in [3.63, 3.8) is 0 Å². The van der Waals surface area contributed by atoms with E-state index in [-0.39, 0.29) is 6.04 Å². The van der Waals surface area contributed by atoms with Crippen LogP contribution in [0.2, 0.25) is 0 Å². The van der Waals surface area contributed by atoms with Gasteiger partial charge in [0.15, 0.2) is 0 Å². The van der Waals surface area contributed by atoms with Crippen molar-refractivity contribution in [2.24, 2.45) is 0 Å². The molecule has 0 spiro atoms. The minimum atomic E-state index is -0.109. The van der Waals surface area contributed by atoms with Crippen molar-refractivity contribution in [1.29, 1.82) is 5.26 Å². The third-order valence-corrected chi connectivity index (χ3v) is 4.08. The summed E-state index contributed by atoms with van der Waals surface area (Å²) in [6.45, 7) is 10.6. The number of hydrogen-bond donors (Lipinski definition) is 0. The number of aryl methyl sites for hydroxylation is 1. The van der Waals surface area contributed by atoms with Crippen LogP contribution in [0.25, 0.3) is 0 Å². The number of benzene rings is 1. The summed E-state index contributed by atoms with van der Waals surface area (Å²) in [7, 11) is 0. The molecule has 2 atom stereocenters. The maximum atomic E-state index is 9.51. The first kappa shape index (κ1) is 14.0. The Hall–Kier alpha value is -1.37. The van der Waals surface area contributed by atoms with Gasteiger partial charge in [-0.2, -0.15) is 5.26 Å². The van der Waals surface area contributed by atoms with Gasteiger partial charge in [0.25, 0.3) is 0 Å². The average Bonchev–Trinajstić information content (AvgIpc) is 2.42. The third kappa shape index (κ3) is 3.15. The van der Waals surface area contributed by atoms with Gasteiger partial charge < -0.3 is 0 Å². The monoisotopic (exact) mass is 257 g/mol. The van der Waals surface area contributed by atoms with E-state index in [0.717, 1.165) is 31.7 Å². The zero-order valence-corrected chi connectivity index (χ0v) is 12.1. The molecule has 1 aliphatic rings. The van der Waals surface area contributed by atoms with E-state index in [1.807, 2.05) is 0 Å². The summed E-state index contributed by atoms with van der Waals surface area (Å²) >= 11 is 0. The largest absolute Gasteiger partial charge is 0.298 e. The van der Waals surface area contributed by atoms with E-state index in [4.69, 9.17) is 0 Å². The van der Waals surface area contributed by atoms with E-state index in [1.165, 1.54) is 5.56 Å².